The minimum Gasteiger partial charge on any atom is -0.375 e. The van der Waals surface area contributed by atoms with Crippen LogP contribution in [0.2, 0.25) is 5.02 Å². The monoisotopic (exact) mass is 528 g/mol. The van der Waals surface area contributed by atoms with E-state index in [1.807, 2.05) is 30.3 Å². The molecule has 4 rings (SSSR count). The van der Waals surface area contributed by atoms with Crippen LogP contribution in [-0.2, 0) is 0 Å². The minimum atomic E-state index is -0.292. The van der Waals surface area contributed by atoms with Crippen molar-refractivity contribution in [2.75, 3.05) is 73.6 Å². The van der Waals surface area contributed by atoms with E-state index in [0.717, 1.165) is 57.2 Å². The van der Waals surface area contributed by atoms with Gasteiger partial charge in [-0.1, -0.05) is 17.7 Å². The summed E-state index contributed by atoms with van der Waals surface area (Å²) < 4.78 is 15.4. The Morgan fingerprint density at radius 3 is 2.39 bits per heavy atom. The van der Waals surface area contributed by atoms with Gasteiger partial charge in [0.2, 0.25) is 0 Å². The Hall–Kier alpha value is -3.13. The molecule has 3 N–H and O–H groups in total. The standard InChI is InChI=1S/C25H30ClFN8S/c26-20-3-1-4-21(16-20)33-11-13-35(14-12-33)24-17-23(19(15-22(24)27)18-30-31-25(29)36)34-9-7-32(8-10-34)6-2-5-28/h1,3-4,15-18H,2,6-14H2,(H3,29,31,36). The van der Waals surface area contributed by atoms with Crippen LogP contribution in [0, 0.1) is 17.1 Å². The van der Waals surface area contributed by atoms with Crippen molar-refractivity contribution < 1.29 is 4.39 Å². The zero-order chi connectivity index (χ0) is 25.5. The Kier molecular flexibility index (Phi) is 8.80. The van der Waals surface area contributed by atoms with Crippen molar-refractivity contribution in [2.24, 2.45) is 10.8 Å². The summed E-state index contributed by atoms with van der Waals surface area (Å²) in [5.41, 5.74) is 11.3. The first kappa shape index (κ1) is 25.9. The Balaban J connectivity index is 1.53. The lowest BCUT2D eigenvalue weighted by molar-refractivity contribution is 0.263. The average molecular weight is 529 g/mol. The molecule has 190 valence electrons. The van der Waals surface area contributed by atoms with E-state index >= 15 is 4.39 Å². The number of hydrazone groups is 1. The number of nitrogens with zero attached hydrogens (tertiary/aromatic N) is 6. The summed E-state index contributed by atoms with van der Waals surface area (Å²) in [7, 11) is 0. The van der Waals surface area contributed by atoms with Crippen LogP contribution < -0.4 is 25.9 Å². The molecule has 0 unspecified atom stereocenters. The maximum atomic E-state index is 15.4. The normalized spacial score (nSPS) is 16.9. The number of piperazine rings is 2. The summed E-state index contributed by atoms with van der Waals surface area (Å²) in [6, 6.07) is 13.5. The molecule has 0 amide bonds. The highest BCUT2D eigenvalue weighted by Crippen LogP contribution is 2.31. The maximum absolute atomic E-state index is 15.4. The summed E-state index contributed by atoms with van der Waals surface area (Å²) in [6.45, 7) is 6.94. The lowest BCUT2D eigenvalue weighted by atomic mass is 10.1. The van der Waals surface area contributed by atoms with E-state index in [4.69, 9.17) is 34.8 Å². The van der Waals surface area contributed by atoms with Gasteiger partial charge in [0.15, 0.2) is 5.11 Å². The Labute approximate surface area is 221 Å². The average Bonchev–Trinajstić information content (AvgIpc) is 2.88. The molecule has 0 aromatic heterocycles. The summed E-state index contributed by atoms with van der Waals surface area (Å²) >= 11 is 11.0. The molecule has 0 spiro atoms. The van der Waals surface area contributed by atoms with Crippen molar-refractivity contribution >= 4 is 52.2 Å². The van der Waals surface area contributed by atoms with Gasteiger partial charge >= 0.3 is 0 Å². The Morgan fingerprint density at radius 1 is 1.06 bits per heavy atom. The number of halogens is 2. The maximum Gasteiger partial charge on any atom is 0.184 e. The van der Waals surface area contributed by atoms with E-state index in [1.54, 1.807) is 6.21 Å². The lowest BCUT2D eigenvalue weighted by Crippen LogP contribution is -2.48. The number of hydrogen-bond acceptors (Lipinski definition) is 7. The number of anilines is 3. The highest BCUT2D eigenvalue weighted by molar-refractivity contribution is 7.80. The molecule has 0 bridgehead atoms. The molecule has 2 saturated heterocycles. The molecule has 0 saturated carbocycles. The third-order valence-electron chi connectivity index (χ3n) is 6.52. The predicted molar refractivity (Wildman–Crippen MR) is 149 cm³/mol. The molecule has 2 aromatic rings. The summed E-state index contributed by atoms with van der Waals surface area (Å²) in [4.78, 5) is 8.89. The van der Waals surface area contributed by atoms with Crippen molar-refractivity contribution in [2.45, 2.75) is 6.42 Å². The van der Waals surface area contributed by atoms with Crippen LogP contribution in [0.1, 0.15) is 12.0 Å². The molecule has 8 nitrogen and oxygen atoms in total. The molecule has 2 heterocycles. The number of thiocarbonyl (C=S) groups is 1. The quantitative estimate of drug-likeness (QED) is 0.322. The van der Waals surface area contributed by atoms with Gasteiger partial charge in [-0.3, -0.25) is 10.3 Å². The van der Waals surface area contributed by atoms with Crippen molar-refractivity contribution in [1.82, 2.24) is 10.3 Å². The van der Waals surface area contributed by atoms with E-state index in [0.29, 0.717) is 35.8 Å². The molecule has 2 aromatic carbocycles. The van der Waals surface area contributed by atoms with Crippen LogP contribution in [0.15, 0.2) is 41.5 Å². The van der Waals surface area contributed by atoms with Crippen molar-refractivity contribution in [3.05, 3.63) is 52.8 Å². The van der Waals surface area contributed by atoms with Gasteiger partial charge in [0.1, 0.15) is 5.82 Å². The summed E-state index contributed by atoms with van der Waals surface area (Å²) in [5.74, 6) is -0.292. The number of rotatable bonds is 7. The number of hydrogen-bond donors (Lipinski definition) is 2. The van der Waals surface area contributed by atoms with Crippen LogP contribution in [0.3, 0.4) is 0 Å². The fourth-order valence-corrected chi connectivity index (χ4v) is 4.89. The van der Waals surface area contributed by atoms with E-state index in [9.17, 15) is 0 Å². The molecular weight excluding hydrogens is 499 g/mol. The van der Waals surface area contributed by atoms with Crippen molar-refractivity contribution in [3.63, 3.8) is 0 Å². The van der Waals surface area contributed by atoms with Crippen LogP contribution in [0.4, 0.5) is 21.5 Å². The molecular formula is C25H30ClFN8S. The van der Waals surface area contributed by atoms with Crippen LogP contribution in [0.5, 0.6) is 0 Å². The largest absolute Gasteiger partial charge is 0.375 e. The van der Waals surface area contributed by atoms with E-state index in [2.05, 4.69) is 36.2 Å². The third kappa shape index (κ3) is 6.55. The number of benzene rings is 2. The Morgan fingerprint density at radius 2 is 1.72 bits per heavy atom. The number of nitriles is 1. The van der Waals surface area contributed by atoms with E-state index in [1.165, 1.54) is 6.07 Å². The first-order valence-corrected chi connectivity index (χ1v) is 12.7. The van der Waals surface area contributed by atoms with Gasteiger partial charge in [0.05, 0.1) is 18.0 Å². The molecule has 0 radical (unpaired) electrons. The molecule has 2 aliphatic rings. The third-order valence-corrected chi connectivity index (χ3v) is 6.85. The molecule has 2 fully saturated rings. The van der Waals surface area contributed by atoms with Crippen molar-refractivity contribution in [3.8, 4) is 6.07 Å². The van der Waals surface area contributed by atoms with E-state index in [-0.39, 0.29) is 10.9 Å². The first-order chi connectivity index (χ1) is 17.4. The second kappa shape index (κ2) is 12.2. The second-order valence-corrected chi connectivity index (χ2v) is 9.66. The summed E-state index contributed by atoms with van der Waals surface area (Å²) in [6.07, 6.45) is 2.07. The second-order valence-electron chi connectivity index (χ2n) is 8.79. The van der Waals surface area contributed by atoms with Gasteiger partial charge in [-0.05, 0) is 42.5 Å². The van der Waals surface area contributed by atoms with Gasteiger partial charge < -0.3 is 20.4 Å². The smallest absolute Gasteiger partial charge is 0.184 e. The fraction of sp³-hybridized carbons (Fsp3) is 0.400. The predicted octanol–water partition coefficient (Wildman–Crippen LogP) is 3.01. The lowest BCUT2D eigenvalue weighted by Gasteiger charge is -2.39. The molecule has 0 atom stereocenters. The zero-order valence-corrected chi connectivity index (χ0v) is 21.6. The molecule has 36 heavy (non-hydrogen) atoms. The van der Waals surface area contributed by atoms with E-state index < -0.39 is 0 Å². The topological polar surface area (TPSA) is 87.2 Å². The van der Waals surface area contributed by atoms with Crippen LogP contribution >= 0.6 is 23.8 Å². The highest BCUT2D eigenvalue weighted by atomic mass is 35.5. The van der Waals surface area contributed by atoms with Gasteiger partial charge in [-0.15, -0.1) is 0 Å². The molecule has 0 aliphatic carbocycles. The molecule has 11 heteroatoms. The van der Waals surface area contributed by atoms with Crippen LogP contribution in [-0.4, -0.2) is 75.1 Å². The number of nitrogens with two attached hydrogens (primary N) is 1. The van der Waals surface area contributed by atoms with Crippen LogP contribution in [0.25, 0.3) is 0 Å². The minimum absolute atomic E-state index is 0.0496. The fourth-order valence-electron chi connectivity index (χ4n) is 4.65. The van der Waals surface area contributed by atoms with Gasteiger partial charge in [0.25, 0.3) is 0 Å². The first-order valence-electron chi connectivity index (χ1n) is 12.0. The zero-order valence-electron chi connectivity index (χ0n) is 20.0. The number of nitrogens with one attached hydrogen (secondary N) is 1. The summed E-state index contributed by atoms with van der Waals surface area (Å²) in [5, 5.41) is 13.7. The highest BCUT2D eigenvalue weighted by Gasteiger charge is 2.24. The SMILES string of the molecule is N#CCCN1CCN(c2cc(N3CCN(c4cccc(Cl)c4)CC3)c(F)cc2C=NNC(N)=S)CC1. The van der Waals surface area contributed by atoms with Crippen molar-refractivity contribution in [1.29, 1.82) is 5.26 Å². The molecule has 2 aliphatic heterocycles. The van der Waals surface area contributed by atoms with Gasteiger partial charge in [-0.2, -0.15) is 10.4 Å². The van der Waals surface area contributed by atoms with Gasteiger partial charge in [-0.25, -0.2) is 4.39 Å². The van der Waals surface area contributed by atoms with Gasteiger partial charge in [0, 0.05) is 87.3 Å². The Bertz CT molecular complexity index is 1140.